The van der Waals surface area contributed by atoms with Gasteiger partial charge in [0, 0.05) is 31.2 Å². The number of aromatic nitrogens is 2. The van der Waals surface area contributed by atoms with E-state index in [0.29, 0.717) is 12.5 Å². The number of benzene rings is 2. The first-order valence-corrected chi connectivity index (χ1v) is 14.4. The zero-order valence-corrected chi connectivity index (χ0v) is 24.3. The molecule has 0 unspecified atom stereocenters. The molecule has 1 amide bonds. The molecule has 0 radical (unpaired) electrons. The fraction of sp³-hybridized carbons (Fsp3) is 0.562. The van der Waals surface area contributed by atoms with Gasteiger partial charge in [-0.25, -0.2) is 4.98 Å². The molecular formula is C32H44N4O3. The summed E-state index contributed by atoms with van der Waals surface area (Å²) < 4.78 is 8.82. The Morgan fingerprint density at radius 1 is 1.15 bits per heavy atom. The maximum atomic E-state index is 12.2. The number of nitrogens with zero attached hydrogens (tertiary/aromatic N) is 3. The average molecular weight is 533 g/mol. The molecule has 2 heterocycles. The Morgan fingerprint density at radius 2 is 1.92 bits per heavy atom. The van der Waals surface area contributed by atoms with Crippen molar-refractivity contribution in [3.05, 3.63) is 58.9 Å². The highest BCUT2D eigenvalue weighted by molar-refractivity contribution is 5.92. The summed E-state index contributed by atoms with van der Waals surface area (Å²) in [5, 5.41) is 13.5. The molecule has 1 fully saturated rings. The second-order valence-electron chi connectivity index (χ2n) is 12.7. The highest BCUT2D eigenvalue weighted by Gasteiger charge is 2.35. The lowest BCUT2D eigenvalue weighted by molar-refractivity contribution is -0.118. The van der Waals surface area contributed by atoms with Crippen molar-refractivity contribution in [2.75, 3.05) is 31.6 Å². The number of rotatable bonds is 8. The van der Waals surface area contributed by atoms with Crippen molar-refractivity contribution in [3.8, 4) is 0 Å². The molecule has 7 nitrogen and oxygen atoms in total. The Bertz CT molecular complexity index is 1340. The summed E-state index contributed by atoms with van der Waals surface area (Å²) in [4.78, 5) is 19.6. The highest BCUT2D eigenvalue weighted by atomic mass is 16.5. The summed E-state index contributed by atoms with van der Waals surface area (Å²) in [5.74, 6) is 1.58. The first-order valence-electron chi connectivity index (χ1n) is 14.4. The third kappa shape index (κ3) is 6.37. The van der Waals surface area contributed by atoms with Gasteiger partial charge in [-0.1, -0.05) is 26.0 Å². The number of piperidine rings is 1. The molecule has 2 aliphatic rings. The van der Waals surface area contributed by atoms with E-state index in [2.05, 4.69) is 59.0 Å². The quantitative estimate of drug-likeness (QED) is 0.424. The van der Waals surface area contributed by atoms with Crippen molar-refractivity contribution >= 4 is 22.6 Å². The third-order valence-corrected chi connectivity index (χ3v) is 8.14. The maximum absolute atomic E-state index is 12.2. The number of carbonyl (C=O) groups is 1. The van der Waals surface area contributed by atoms with E-state index in [4.69, 9.17) is 9.72 Å². The molecule has 1 aliphatic heterocycles. The fourth-order valence-electron chi connectivity index (χ4n) is 6.22. The summed E-state index contributed by atoms with van der Waals surface area (Å²) in [6, 6.07) is 13.0. The zero-order valence-electron chi connectivity index (χ0n) is 24.3. The van der Waals surface area contributed by atoms with Gasteiger partial charge in [-0.05, 0) is 93.8 Å². The molecule has 1 saturated heterocycles. The molecule has 3 aromatic rings. The Morgan fingerprint density at radius 3 is 2.67 bits per heavy atom. The van der Waals surface area contributed by atoms with Crippen LogP contribution < -0.4 is 5.32 Å². The average Bonchev–Trinajstić information content (AvgIpc) is 3.40. The van der Waals surface area contributed by atoms with Crippen LogP contribution >= 0.6 is 0 Å². The van der Waals surface area contributed by atoms with E-state index < -0.39 is 5.60 Å². The molecule has 5 rings (SSSR count). The van der Waals surface area contributed by atoms with E-state index in [1.165, 1.54) is 16.7 Å². The van der Waals surface area contributed by atoms with Crippen LogP contribution in [0.4, 0.5) is 5.69 Å². The van der Waals surface area contributed by atoms with Crippen LogP contribution in [0.1, 0.15) is 62.7 Å². The number of ether oxygens (including phenoxy) is 1. The van der Waals surface area contributed by atoms with E-state index >= 15 is 0 Å². The van der Waals surface area contributed by atoms with E-state index in [1.807, 2.05) is 19.9 Å². The van der Waals surface area contributed by atoms with Crippen LogP contribution in [0.2, 0.25) is 0 Å². The van der Waals surface area contributed by atoms with Crippen molar-refractivity contribution in [2.24, 2.45) is 11.8 Å². The molecule has 1 aromatic heterocycles. The van der Waals surface area contributed by atoms with Gasteiger partial charge in [0.25, 0.3) is 0 Å². The second kappa shape index (κ2) is 11.0. The summed E-state index contributed by atoms with van der Waals surface area (Å²) >= 11 is 0. The van der Waals surface area contributed by atoms with Gasteiger partial charge in [0.2, 0.25) is 5.91 Å². The van der Waals surface area contributed by atoms with Gasteiger partial charge >= 0.3 is 0 Å². The zero-order chi connectivity index (χ0) is 27.9. The number of fused-ring (bicyclic) bond motifs is 2. The number of anilines is 1. The molecule has 1 aliphatic carbocycles. The minimum atomic E-state index is -0.883. The van der Waals surface area contributed by atoms with E-state index in [-0.39, 0.29) is 24.0 Å². The molecule has 210 valence electrons. The van der Waals surface area contributed by atoms with Gasteiger partial charge in [-0.3, -0.25) is 4.79 Å². The van der Waals surface area contributed by atoms with E-state index in [0.717, 1.165) is 61.4 Å². The van der Waals surface area contributed by atoms with E-state index in [1.54, 1.807) is 13.8 Å². The lowest BCUT2D eigenvalue weighted by Crippen LogP contribution is -2.48. The third-order valence-electron chi connectivity index (χ3n) is 8.14. The predicted octanol–water partition coefficient (Wildman–Crippen LogP) is 5.07. The lowest BCUT2D eigenvalue weighted by atomic mass is 9.97. The number of likely N-dealkylation sites (tertiary alicyclic amines) is 1. The van der Waals surface area contributed by atoms with Gasteiger partial charge in [0.1, 0.15) is 5.82 Å². The van der Waals surface area contributed by atoms with Crippen molar-refractivity contribution in [1.82, 2.24) is 14.5 Å². The molecule has 3 atom stereocenters. The van der Waals surface area contributed by atoms with Gasteiger partial charge in [0.05, 0.1) is 35.4 Å². The first kappa shape index (κ1) is 27.8. The highest BCUT2D eigenvalue weighted by Crippen LogP contribution is 2.34. The van der Waals surface area contributed by atoms with Crippen molar-refractivity contribution in [1.29, 1.82) is 0 Å². The number of hydrogen-bond donors (Lipinski definition) is 2. The SMILES string of the molecule is Cc1ccc2c(c1)nc(C)n2[C@H]1CCN(C[C@@H]2Cc3ccc(NC(=O)C(C)C)cc3C2)C[C@@H]1OCC(C)(C)O. The van der Waals surface area contributed by atoms with E-state index in [9.17, 15) is 9.90 Å². The Labute approximate surface area is 232 Å². The number of aliphatic hydroxyl groups is 1. The van der Waals surface area contributed by atoms with Crippen LogP contribution in [0.25, 0.3) is 11.0 Å². The van der Waals surface area contributed by atoms with Gasteiger partial charge in [-0.2, -0.15) is 0 Å². The molecule has 7 heteroatoms. The summed E-state index contributed by atoms with van der Waals surface area (Å²) in [6.07, 6.45) is 3.03. The minimum Gasteiger partial charge on any atom is -0.388 e. The lowest BCUT2D eigenvalue weighted by Gasteiger charge is -2.41. The standard InChI is InChI=1S/C32H44N4O3/c1-20(2)31(37)34-26-9-8-24-14-23(15-25(24)16-26)17-35-12-11-29(30(18-35)39-19-32(5,6)38)36-22(4)33-27-13-21(3)7-10-28(27)36/h7-10,13,16,20,23,29-30,38H,11-12,14-15,17-19H2,1-6H3,(H,34,37)/t23-,29+,30+/m1/s1. The molecule has 2 aromatic carbocycles. The normalized spacial score (nSPS) is 22.0. The first-order chi connectivity index (χ1) is 18.5. The summed E-state index contributed by atoms with van der Waals surface area (Å²) in [6.45, 7) is 14.8. The van der Waals surface area contributed by atoms with Gasteiger partial charge in [-0.15, -0.1) is 0 Å². The van der Waals surface area contributed by atoms with Crippen molar-refractivity contribution in [3.63, 3.8) is 0 Å². The fourth-order valence-corrected chi connectivity index (χ4v) is 6.22. The van der Waals surface area contributed by atoms with Gasteiger partial charge < -0.3 is 24.6 Å². The summed E-state index contributed by atoms with van der Waals surface area (Å²) in [5.41, 5.74) is 6.15. The smallest absolute Gasteiger partial charge is 0.226 e. The summed E-state index contributed by atoms with van der Waals surface area (Å²) in [7, 11) is 0. The van der Waals surface area contributed by atoms with Gasteiger partial charge in [0.15, 0.2) is 0 Å². The molecular weight excluding hydrogens is 488 g/mol. The predicted molar refractivity (Wildman–Crippen MR) is 156 cm³/mol. The number of aryl methyl sites for hydroxylation is 2. The number of amides is 1. The molecule has 0 bridgehead atoms. The van der Waals surface area contributed by atoms with Crippen LogP contribution in [0.15, 0.2) is 36.4 Å². The van der Waals surface area contributed by atoms with Crippen LogP contribution in [0.3, 0.4) is 0 Å². The van der Waals surface area contributed by atoms with Crippen molar-refractivity contribution < 1.29 is 14.6 Å². The maximum Gasteiger partial charge on any atom is 0.226 e. The Hall–Kier alpha value is -2.74. The molecule has 39 heavy (non-hydrogen) atoms. The largest absolute Gasteiger partial charge is 0.388 e. The monoisotopic (exact) mass is 532 g/mol. The number of imidazole rings is 1. The van der Waals surface area contributed by atoms with Crippen molar-refractivity contribution in [2.45, 2.75) is 78.6 Å². The van der Waals surface area contributed by atoms with Crippen LogP contribution in [-0.2, 0) is 22.4 Å². The van der Waals surface area contributed by atoms with Crippen LogP contribution in [-0.4, -0.2) is 63.4 Å². The number of hydrogen-bond acceptors (Lipinski definition) is 5. The topological polar surface area (TPSA) is 79.6 Å². The Balaban J connectivity index is 1.29. The molecule has 2 N–H and O–H groups in total. The second-order valence-corrected chi connectivity index (χ2v) is 12.7. The molecule has 0 spiro atoms. The Kier molecular flexibility index (Phi) is 7.86. The van der Waals surface area contributed by atoms with Crippen LogP contribution in [0, 0.1) is 25.7 Å². The van der Waals surface area contributed by atoms with Crippen LogP contribution in [0.5, 0.6) is 0 Å². The minimum absolute atomic E-state index is 0.0336. The number of carbonyl (C=O) groups excluding carboxylic acids is 1. The molecule has 0 saturated carbocycles. The number of nitrogens with one attached hydrogen (secondary N) is 1.